The number of piperazine rings is 1. The van der Waals surface area contributed by atoms with Crippen LogP contribution in [0.3, 0.4) is 0 Å². The van der Waals surface area contributed by atoms with Crippen molar-refractivity contribution in [3.8, 4) is 6.07 Å². The average Bonchev–Trinajstić information content (AvgIpc) is 2.99. The fourth-order valence-corrected chi connectivity index (χ4v) is 4.86. The molecule has 1 unspecified atom stereocenters. The lowest BCUT2D eigenvalue weighted by atomic mass is 9.87. The van der Waals surface area contributed by atoms with Crippen molar-refractivity contribution >= 4 is 29.3 Å². The number of fused-ring (bicyclic) bond motifs is 1. The van der Waals surface area contributed by atoms with Gasteiger partial charge in [-0.3, -0.25) is 34.3 Å². The van der Waals surface area contributed by atoms with E-state index in [4.69, 9.17) is 0 Å². The van der Waals surface area contributed by atoms with Crippen molar-refractivity contribution in [3.63, 3.8) is 0 Å². The van der Waals surface area contributed by atoms with Crippen LogP contribution < -0.4 is 15.5 Å². The monoisotopic (exact) mass is 422 g/mol. The minimum atomic E-state index is -0.975. The Morgan fingerprint density at radius 3 is 2.42 bits per heavy atom. The highest BCUT2D eigenvalue weighted by molar-refractivity contribution is 6.23. The van der Waals surface area contributed by atoms with E-state index < -0.39 is 35.2 Å². The van der Waals surface area contributed by atoms with E-state index >= 15 is 0 Å². The molecule has 3 saturated heterocycles. The zero-order valence-corrected chi connectivity index (χ0v) is 16.9. The summed E-state index contributed by atoms with van der Waals surface area (Å²) in [7, 11) is 0. The number of imide groups is 2. The molecule has 31 heavy (non-hydrogen) atoms. The number of nitrogens with zero attached hydrogens (tertiary/aromatic N) is 4. The summed E-state index contributed by atoms with van der Waals surface area (Å²) in [4.78, 5) is 54.6. The van der Waals surface area contributed by atoms with E-state index in [-0.39, 0.29) is 24.0 Å². The Morgan fingerprint density at radius 1 is 1.03 bits per heavy atom. The Hall–Kier alpha value is -3.29. The van der Waals surface area contributed by atoms with E-state index in [0.717, 1.165) is 36.8 Å². The lowest BCUT2D eigenvalue weighted by Crippen LogP contribution is -2.72. The molecule has 0 saturated carbocycles. The predicted octanol–water partition coefficient (Wildman–Crippen LogP) is -0.925. The first kappa shape index (κ1) is 19.7. The molecule has 4 heterocycles. The first-order valence-electron chi connectivity index (χ1n) is 10.4. The fraction of sp³-hybridized carbons (Fsp3) is 0.476. The lowest BCUT2D eigenvalue weighted by Gasteiger charge is -2.53. The predicted molar refractivity (Wildman–Crippen MR) is 108 cm³/mol. The summed E-state index contributed by atoms with van der Waals surface area (Å²) in [5.41, 5.74) is 0.738. The number of carbonyl (C=O) groups is 4. The fourth-order valence-electron chi connectivity index (χ4n) is 4.86. The molecular formula is C21H22N6O4. The van der Waals surface area contributed by atoms with Gasteiger partial charge in [0.05, 0.1) is 30.3 Å². The minimum Gasteiger partial charge on any atom is -0.365 e. The summed E-state index contributed by atoms with van der Waals surface area (Å²) in [5.74, 6) is -2.06. The number of benzene rings is 1. The number of hydrogen-bond acceptors (Lipinski definition) is 8. The Balaban J connectivity index is 1.35. The second-order valence-electron chi connectivity index (χ2n) is 8.41. The molecule has 0 radical (unpaired) electrons. The smallest absolute Gasteiger partial charge is 0.262 e. The van der Waals surface area contributed by atoms with Gasteiger partial charge in [-0.25, -0.2) is 0 Å². The molecule has 1 atom stereocenters. The third-order valence-electron chi connectivity index (χ3n) is 6.62. The Kier molecular flexibility index (Phi) is 4.53. The Bertz CT molecular complexity index is 1030. The molecule has 0 aromatic heterocycles. The second kappa shape index (κ2) is 7.14. The van der Waals surface area contributed by atoms with E-state index in [1.54, 1.807) is 18.2 Å². The van der Waals surface area contributed by atoms with Gasteiger partial charge in [-0.1, -0.05) is 0 Å². The van der Waals surface area contributed by atoms with Gasteiger partial charge in [0.1, 0.15) is 11.6 Å². The van der Waals surface area contributed by atoms with Crippen LogP contribution in [0.4, 0.5) is 5.69 Å². The second-order valence-corrected chi connectivity index (χ2v) is 8.41. The topological polar surface area (TPSA) is 126 Å². The number of hydrogen-bond donors (Lipinski definition) is 2. The molecule has 3 fully saturated rings. The van der Waals surface area contributed by atoms with Crippen LogP contribution in [0.2, 0.25) is 0 Å². The van der Waals surface area contributed by atoms with Gasteiger partial charge in [-0.2, -0.15) is 5.26 Å². The van der Waals surface area contributed by atoms with Crippen molar-refractivity contribution in [1.29, 1.82) is 5.26 Å². The van der Waals surface area contributed by atoms with Crippen LogP contribution in [-0.4, -0.2) is 84.3 Å². The maximum absolute atomic E-state index is 13.0. The van der Waals surface area contributed by atoms with Crippen molar-refractivity contribution in [2.75, 3.05) is 44.2 Å². The van der Waals surface area contributed by atoms with E-state index in [1.807, 2.05) is 4.90 Å². The highest BCUT2D eigenvalue weighted by Crippen LogP contribution is 2.36. The van der Waals surface area contributed by atoms with Crippen LogP contribution in [0.5, 0.6) is 0 Å². The SMILES string of the molecule is N#CC1(N2CCNCC2)CN(c2ccc3c(c2)C(=O)N(C2CCC(=O)NC2=O)C3=O)C1. The summed E-state index contributed by atoms with van der Waals surface area (Å²) < 4.78 is 0. The molecule has 10 heteroatoms. The van der Waals surface area contributed by atoms with Gasteiger partial charge in [0.15, 0.2) is 0 Å². The van der Waals surface area contributed by atoms with Gasteiger partial charge < -0.3 is 10.2 Å². The largest absolute Gasteiger partial charge is 0.365 e. The van der Waals surface area contributed by atoms with E-state index in [0.29, 0.717) is 13.1 Å². The van der Waals surface area contributed by atoms with Crippen LogP contribution in [0.1, 0.15) is 33.6 Å². The standard InChI is InChI=1S/C21H22N6O4/c22-10-21(26-7-5-23-6-8-26)11-25(12-21)13-1-2-14-15(9-13)20(31)27(19(14)30)16-3-4-17(28)24-18(16)29/h1-2,9,16,23H,3-8,11-12H2,(H,24,28,29). The van der Waals surface area contributed by atoms with Crippen LogP contribution in [0, 0.1) is 11.3 Å². The Morgan fingerprint density at radius 2 is 1.74 bits per heavy atom. The van der Waals surface area contributed by atoms with E-state index in [2.05, 4.69) is 21.6 Å². The van der Waals surface area contributed by atoms with E-state index in [9.17, 15) is 24.4 Å². The van der Waals surface area contributed by atoms with Crippen molar-refractivity contribution < 1.29 is 19.2 Å². The normalized spacial score (nSPS) is 25.7. The molecule has 2 N–H and O–H groups in total. The van der Waals surface area contributed by atoms with Crippen LogP contribution in [0.15, 0.2) is 18.2 Å². The zero-order valence-electron chi connectivity index (χ0n) is 16.9. The summed E-state index contributed by atoms with van der Waals surface area (Å²) in [6.45, 7) is 4.41. The first-order valence-corrected chi connectivity index (χ1v) is 10.4. The van der Waals surface area contributed by atoms with Crippen molar-refractivity contribution in [3.05, 3.63) is 29.3 Å². The van der Waals surface area contributed by atoms with E-state index in [1.165, 1.54) is 0 Å². The van der Waals surface area contributed by atoms with Crippen molar-refractivity contribution in [1.82, 2.24) is 20.4 Å². The Labute approximate surface area is 178 Å². The number of nitrogens with one attached hydrogen (secondary N) is 2. The zero-order chi connectivity index (χ0) is 21.8. The molecular weight excluding hydrogens is 400 g/mol. The van der Waals surface area contributed by atoms with Gasteiger partial charge in [0, 0.05) is 38.3 Å². The summed E-state index contributed by atoms with van der Waals surface area (Å²) in [6, 6.07) is 6.54. The average molecular weight is 422 g/mol. The molecule has 160 valence electrons. The maximum Gasteiger partial charge on any atom is 0.262 e. The van der Waals surface area contributed by atoms with Gasteiger partial charge in [-0.05, 0) is 24.6 Å². The molecule has 1 aromatic carbocycles. The molecule has 10 nitrogen and oxygen atoms in total. The third kappa shape index (κ3) is 3.00. The molecule has 4 amide bonds. The number of rotatable bonds is 3. The minimum absolute atomic E-state index is 0.0884. The number of piperidine rings is 1. The summed E-state index contributed by atoms with van der Waals surface area (Å²) in [5, 5.41) is 15.3. The number of carbonyl (C=O) groups excluding carboxylic acids is 4. The number of amides is 4. The molecule has 4 aliphatic rings. The van der Waals surface area contributed by atoms with Crippen molar-refractivity contribution in [2.45, 2.75) is 24.4 Å². The molecule has 0 spiro atoms. The molecule has 0 aliphatic carbocycles. The molecule has 4 aliphatic heterocycles. The summed E-state index contributed by atoms with van der Waals surface area (Å²) in [6.07, 6.45) is 0.218. The van der Waals surface area contributed by atoms with Crippen LogP contribution in [0.25, 0.3) is 0 Å². The van der Waals surface area contributed by atoms with Crippen LogP contribution in [-0.2, 0) is 9.59 Å². The lowest BCUT2D eigenvalue weighted by molar-refractivity contribution is -0.136. The highest BCUT2D eigenvalue weighted by Gasteiger charge is 2.49. The van der Waals surface area contributed by atoms with Gasteiger partial charge in [-0.15, -0.1) is 0 Å². The highest BCUT2D eigenvalue weighted by atomic mass is 16.2. The molecule has 5 rings (SSSR count). The summed E-state index contributed by atoms with van der Waals surface area (Å²) >= 11 is 0. The van der Waals surface area contributed by atoms with Gasteiger partial charge in [0.2, 0.25) is 11.8 Å². The third-order valence-corrected chi connectivity index (χ3v) is 6.62. The first-order chi connectivity index (χ1) is 14.9. The van der Waals surface area contributed by atoms with Crippen LogP contribution >= 0.6 is 0 Å². The van der Waals surface area contributed by atoms with Gasteiger partial charge >= 0.3 is 0 Å². The van der Waals surface area contributed by atoms with Crippen molar-refractivity contribution in [2.24, 2.45) is 0 Å². The molecule has 1 aromatic rings. The molecule has 0 bridgehead atoms. The maximum atomic E-state index is 13.0. The number of anilines is 1. The number of nitriles is 1. The quantitative estimate of drug-likeness (QED) is 0.599. The van der Waals surface area contributed by atoms with Gasteiger partial charge in [0.25, 0.3) is 11.8 Å².